The average molecular weight is 266 g/mol. The van der Waals surface area contributed by atoms with Crippen LogP contribution in [-0.4, -0.2) is 41.9 Å². The van der Waals surface area contributed by atoms with Crippen LogP contribution in [0.1, 0.15) is 54.4 Å². The molecule has 0 aromatic heterocycles. The molecule has 18 heavy (non-hydrogen) atoms. The van der Waals surface area contributed by atoms with E-state index in [1.165, 1.54) is 0 Å². The Bertz CT molecular complexity index is 137. The van der Waals surface area contributed by atoms with Crippen LogP contribution in [0.25, 0.3) is 0 Å². The summed E-state index contributed by atoms with van der Waals surface area (Å²) in [5.41, 5.74) is 5.02. The lowest BCUT2D eigenvalue weighted by Crippen LogP contribution is -2.23. The van der Waals surface area contributed by atoms with Gasteiger partial charge in [0.25, 0.3) is 0 Å². The van der Waals surface area contributed by atoms with Crippen LogP contribution in [0, 0.1) is 0 Å². The van der Waals surface area contributed by atoms with Crippen molar-refractivity contribution in [2.75, 3.05) is 19.8 Å². The Morgan fingerprint density at radius 2 is 1.67 bits per heavy atom. The highest BCUT2D eigenvalue weighted by molar-refractivity contribution is 4.56. The first-order chi connectivity index (χ1) is 8.33. The second-order valence-electron chi connectivity index (χ2n) is 4.44. The molecule has 0 aromatic rings. The molecule has 0 fully saturated rings. The molecule has 0 radical (unpaired) electrons. The zero-order chi connectivity index (χ0) is 15.0. The summed E-state index contributed by atoms with van der Waals surface area (Å²) in [6.45, 7) is 13.9. The molecular weight excluding hydrogens is 232 g/mol. The van der Waals surface area contributed by atoms with Gasteiger partial charge in [-0.3, -0.25) is 0 Å². The van der Waals surface area contributed by atoms with Crippen LogP contribution in [-0.2, 0) is 4.74 Å². The van der Waals surface area contributed by atoms with Crippen LogP contribution in [0.3, 0.4) is 0 Å². The van der Waals surface area contributed by atoms with Gasteiger partial charge in [-0.1, -0.05) is 20.8 Å². The Hall–Kier alpha value is -0.200. The molecule has 0 amide bonds. The van der Waals surface area contributed by atoms with Crippen molar-refractivity contribution in [2.45, 2.75) is 66.3 Å². The Labute approximate surface area is 113 Å². The summed E-state index contributed by atoms with van der Waals surface area (Å²) in [7, 11) is 0. The average Bonchev–Trinajstić information content (AvgIpc) is 2.26. The normalized spacial score (nSPS) is 10.3. The van der Waals surface area contributed by atoms with Gasteiger partial charge in [0.2, 0.25) is 0 Å². The summed E-state index contributed by atoms with van der Waals surface area (Å²) in [6.07, 6.45) is 0.344. The van der Waals surface area contributed by atoms with Gasteiger partial charge in [0.05, 0.1) is 12.3 Å². The van der Waals surface area contributed by atoms with Gasteiger partial charge in [-0.2, -0.15) is 0 Å². The Balaban J connectivity index is -0.000000225. The molecule has 0 bridgehead atoms. The van der Waals surface area contributed by atoms with Crippen LogP contribution < -0.4 is 11.1 Å². The van der Waals surface area contributed by atoms with Gasteiger partial charge in [-0.15, -0.1) is 0 Å². The van der Waals surface area contributed by atoms with E-state index in [1.807, 2.05) is 34.6 Å². The van der Waals surface area contributed by atoms with Gasteiger partial charge in [-0.05, 0) is 40.3 Å². The predicted molar refractivity (Wildman–Crippen MR) is 77.2 cm³/mol. The zero-order valence-corrected chi connectivity index (χ0v) is 13.0. The monoisotopic (exact) mass is 266 g/mol. The summed E-state index contributed by atoms with van der Waals surface area (Å²) < 4.78 is 5.01. The SMILES string of the molecule is CC.CC(C)(C)OCN.CCCNCCC(O)O. The molecule has 0 aliphatic rings. The van der Waals surface area contributed by atoms with Gasteiger partial charge in [-0.25, -0.2) is 0 Å². The lowest BCUT2D eigenvalue weighted by molar-refractivity contribution is -0.0443. The molecule has 5 heteroatoms. The maximum absolute atomic E-state index is 8.37. The minimum absolute atomic E-state index is 0.0747. The van der Waals surface area contributed by atoms with E-state index in [9.17, 15) is 0 Å². The third-order valence-electron chi connectivity index (χ3n) is 1.52. The molecular formula is C13H34N2O3. The van der Waals surface area contributed by atoms with E-state index in [0.717, 1.165) is 13.0 Å². The molecule has 0 unspecified atom stereocenters. The molecule has 0 aliphatic carbocycles. The molecule has 0 atom stereocenters. The van der Waals surface area contributed by atoms with Crippen LogP contribution in [0.5, 0.6) is 0 Å². The molecule has 0 spiro atoms. The number of nitrogens with two attached hydrogens (primary N) is 1. The smallest absolute Gasteiger partial charge is 0.152 e. The quantitative estimate of drug-likeness (QED) is 0.431. The minimum atomic E-state index is -1.16. The molecule has 5 nitrogen and oxygen atoms in total. The highest BCUT2D eigenvalue weighted by atomic mass is 16.5. The van der Waals surface area contributed by atoms with E-state index in [0.29, 0.717) is 19.7 Å². The second kappa shape index (κ2) is 16.8. The lowest BCUT2D eigenvalue weighted by Gasteiger charge is -2.16. The highest BCUT2D eigenvalue weighted by Gasteiger charge is 2.06. The van der Waals surface area contributed by atoms with E-state index in [4.69, 9.17) is 20.7 Å². The van der Waals surface area contributed by atoms with Crippen LogP contribution in [0.4, 0.5) is 0 Å². The fourth-order valence-corrected chi connectivity index (χ4v) is 0.783. The predicted octanol–water partition coefficient (Wildman–Crippen LogP) is 1.43. The molecule has 0 saturated heterocycles. The number of rotatable bonds is 6. The fraction of sp³-hybridized carbons (Fsp3) is 1.00. The van der Waals surface area contributed by atoms with Gasteiger partial charge < -0.3 is 26.0 Å². The fourth-order valence-electron chi connectivity index (χ4n) is 0.783. The summed E-state index contributed by atoms with van der Waals surface area (Å²) >= 11 is 0. The molecule has 114 valence electrons. The van der Waals surface area contributed by atoms with Crippen molar-refractivity contribution >= 4 is 0 Å². The number of aliphatic hydroxyl groups is 2. The van der Waals surface area contributed by atoms with E-state index in [1.54, 1.807) is 0 Å². The van der Waals surface area contributed by atoms with Gasteiger partial charge in [0.1, 0.15) is 0 Å². The summed E-state index contributed by atoms with van der Waals surface area (Å²) in [5, 5.41) is 19.8. The molecule has 5 N–H and O–H groups in total. The molecule has 0 heterocycles. The third kappa shape index (κ3) is 36.0. The Morgan fingerprint density at radius 3 is 1.89 bits per heavy atom. The van der Waals surface area contributed by atoms with Gasteiger partial charge in [0.15, 0.2) is 6.29 Å². The standard InChI is InChI=1S/C6H15NO2.C5H13NO.C2H6/c1-2-4-7-5-3-6(8)9;1-5(2,3)7-4-6;1-2/h6-9H,2-5H2,1H3;4,6H2,1-3H3;1-2H3. The van der Waals surface area contributed by atoms with Crippen LogP contribution in [0.15, 0.2) is 0 Å². The third-order valence-corrected chi connectivity index (χ3v) is 1.52. The Morgan fingerprint density at radius 1 is 1.17 bits per heavy atom. The number of hydrogen-bond acceptors (Lipinski definition) is 5. The van der Waals surface area contributed by atoms with E-state index in [2.05, 4.69) is 12.2 Å². The van der Waals surface area contributed by atoms with E-state index in [-0.39, 0.29) is 5.60 Å². The summed E-state index contributed by atoms with van der Waals surface area (Å²) in [4.78, 5) is 0. The Kier molecular flexibility index (Phi) is 21.4. The second-order valence-corrected chi connectivity index (χ2v) is 4.44. The number of hydrogen-bond donors (Lipinski definition) is 4. The summed E-state index contributed by atoms with van der Waals surface area (Å²) in [5.74, 6) is 0. The number of aliphatic hydroxyl groups excluding tert-OH is 1. The van der Waals surface area contributed by atoms with Crippen molar-refractivity contribution in [3.05, 3.63) is 0 Å². The minimum Gasteiger partial charge on any atom is -0.368 e. The number of nitrogens with one attached hydrogen (secondary N) is 1. The van der Waals surface area contributed by atoms with Crippen LogP contribution in [0.2, 0.25) is 0 Å². The lowest BCUT2D eigenvalue weighted by atomic mass is 10.2. The highest BCUT2D eigenvalue weighted by Crippen LogP contribution is 2.03. The molecule has 0 saturated carbocycles. The van der Waals surface area contributed by atoms with Crippen molar-refractivity contribution in [1.29, 1.82) is 0 Å². The van der Waals surface area contributed by atoms with Gasteiger partial charge in [0, 0.05) is 6.42 Å². The first-order valence-corrected chi connectivity index (χ1v) is 6.74. The summed E-state index contributed by atoms with van der Waals surface area (Å²) in [6, 6.07) is 0. The van der Waals surface area contributed by atoms with E-state index >= 15 is 0 Å². The topological polar surface area (TPSA) is 87.7 Å². The van der Waals surface area contributed by atoms with Crippen LogP contribution >= 0.6 is 0 Å². The number of ether oxygens (including phenoxy) is 1. The van der Waals surface area contributed by atoms with Crippen molar-refractivity contribution < 1.29 is 14.9 Å². The molecule has 0 aliphatic heterocycles. The maximum Gasteiger partial charge on any atom is 0.152 e. The van der Waals surface area contributed by atoms with Crippen molar-refractivity contribution in [1.82, 2.24) is 5.32 Å². The van der Waals surface area contributed by atoms with E-state index < -0.39 is 6.29 Å². The van der Waals surface area contributed by atoms with Crippen molar-refractivity contribution in [3.8, 4) is 0 Å². The zero-order valence-electron chi connectivity index (χ0n) is 13.0. The first kappa shape index (κ1) is 22.9. The largest absolute Gasteiger partial charge is 0.368 e. The van der Waals surface area contributed by atoms with Crippen molar-refractivity contribution in [2.24, 2.45) is 5.73 Å². The first-order valence-electron chi connectivity index (χ1n) is 6.74. The van der Waals surface area contributed by atoms with Gasteiger partial charge >= 0.3 is 0 Å². The van der Waals surface area contributed by atoms with Crippen molar-refractivity contribution in [3.63, 3.8) is 0 Å². The molecule has 0 rings (SSSR count). The molecule has 0 aromatic carbocycles. The maximum atomic E-state index is 8.37.